The minimum atomic E-state index is -0.174. The van der Waals surface area contributed by atoms with Gasteiger partial charge in [-0.25, -0.2) is 0 Å². The molecule has 0 aliphatic heterocycles. The van der Waals surface area contributed by atoms with Crippen LogP contribution < -0.4 is 14.2 Å². The molecule has 1 atom stereocenters. The number of hydrogen-bond acceptors (Lipinski definition) is 3. The minimum absolute atomic E-state index is 0.0750. The van der Waals surface area contributed by atoms with E-state index in [1.807, 2.05) is 12.1 Å². The average molecular weight is 273 g/mol. The van der Waals surface area contributed by atoms with Gasteiger partial charge >= 0.3 is 0 Å². The molecule has 0 heterocycles. The summed E-state index contributed by atoms with van der Waals surface area (Å²) in [4.78, 5) is 0. The Morgan fingerprint density at radius 3 is 1.89 bits per heavy atom. The molecule has 102 valence electrons. The van der Waals surface area contributed by atoms with E-state index in [0.29, 0.717) is 17.2 Å². The molecule has 18 heavy (non-hydrogen) atoms. The molecule has 1 aromatic carbocycles. The summed E-state index contributed by atoms with van der Waals surface area (Å²) < 4.78 is 16.0. The highest BCUT2D eigenvalue weighted by molar-refractivity contribution is 6.21. The van der Waals surface area contributed by atoms with Crippen molar-refractivity contribution in [3.05, 3.63) is 17.7 Å². The van der Waals surface area contributed by atoms with E-state index in [-0.39, 0.29) is 10.8 Å². The highest BCUT2D eigenvalue weighted by Gasteiger charge is 2.29. The second-order valence-corrected chi connectivity index (χ2v) is 5.59. The van der Waals surface area contributed by atoms with Gasteiger partial charge in [0.2, 0.25) is 5.75 Å². The second-order valence-electron chi connectivity index (χ2n) is 5.15. The Labute approximate surface area is 114 Å². The van der Waals surface area contributed by atoms with Crippen molar-refractivity contribution in [1.82, 2.24) is 0 Å². The highest BCUT2D eigenvalue weighted by atomic mass is 35.5. The largest absolute Gasteiger partial charge is 0.493 e. The Balaban J connectivity index is 3.38. The predicted octanol–water partition coefficient (Wildman–Crippen LogP) is 4.04. The zero-order valence-corrected chi connectivity index (χ0v) is 12.6. The van der Waals surface area contributed by atoms with Gasteiger partial charge in [-0.3, -0.25) is 0 Å². The third kappa shape index (κ3) is 2.83. The molecule has 4 heteroatoms. The van der Waals surface area contributed by atoms with Gasteiger partial charge in [0.05, 0.1) is 26.7 Å². The molecule has 1 aromatic rings. The molecule has 0 amide bonds. The summed E-state index contributed by atoms with van der Waals surface area (Å²) in [5.74, 6) is 1.84. The van der Waals surface area contributed by atoms with E-state index in [4.69, 9.17) is 25.8 Å². The molecule has 0 spiro atoms. The van der Waals surface area contributed by atoms with Gasteiger partial charge in [-0.2, -0.15) is 0 Å². The molecule has 0 N–H and O–H groups in total. The molecular weight excluding hydrogens is 252 g/mol. The lowest BCUT2D eigenvalue weighted by atomic mass is 9.87. The third-order valence-electron chi connectivity index (χ3n) is 2.77. The topological polar surface area (TPSA) is 27.7 Å². The lowest BCUT2D eigenvalue weighted by molar-refractivity contribution is 0.315. The Hall–Kier alpha value is -1.09. The van der Waals surface area contributed by atoms with E-state index in [1.165, 1.54) is 0 Å². The third-order valence-corrected chi connectivity index (χ3v) is 3.66. The SMILES string of the molecule is COc1ccc(C(Cl)C(C)(C)C)c(OC)c1OC. The van der Waals surface area contributed by atoms with Gasteiger partial charge in [0.1, 0.15) is 0 Å². The average Bonchev–Trinajstić information content (AvgIpc) is 2.34. The molecule has 0 bridgehead atoms. The lowest BCUT2D eigenvalue weighted by Gasteiger charge is -2.27. The summed E-state index contributed by atoms with van der Waals surface area (Å²) in [6, 6.07) is 3.76. The molecular formula is C14H21ClO3. The maximum Gasteiger partial charge on any atom is 0.203 e. The van der Waals surface area contributed by atoms with Gasteiger partial charge in [-0.15, -0.1) is 11.6 Å². The van der Waals surface area contributed by atoms with Crippen molar-refractivity contribution >= 4 is 11.6 Å². The maximum atomic E-state index is 6.51. The minimum Gasteiger partial charge on any atom is -0.493 e. The summed E-state index contributed by atoms with van der Waals surface area (Å²) in [6.45, 7) is 6.25. The van der Waals surface area contributed by atoms with E-state index in [9.17, 15) is 0 Å². The number of methoxy groups -OCH3 is 3. The number of alkyl halides is 1. The number of halogens is 1. The highest BCUT2D eigenvalue weighted by Crippen LogP contribution is 2.48. The van der Waals surface area contributed by atoms with E-state index in [1.54, 1.807) is 21.3 Å². The monoisotopic (exact) mass is 272 g/mol. The zero-order chi connectivity index (χ0) is 13.9. The van der Waals surface area contributed by atoms with Gasteiger partial charge < -0.3 is 14.2 Å². The summed E-state index contributed by atoms with van der Waals surface area (Å²) in [5, 5.41) is -0.174. The van der Waals surface area contributed by atoms with Crippen LogP contribution in [0.2, 0.25) is 0 Å². The van der Waals surface area contributed by atoms with Crippen molar-refractivity contribution in [3.8, 4) is 17.2 Å². The van der Waals surface area contributed by atoms with Crippen molar-refractivity contribution < 1.29 is 14.2 Å². The second kappa shape index (κ2) is 5.70. The summed E-state index contributed by atoms with van der Waals surface area (Å²) in [5.41, 5.74) is 0.832. The van der Waals surface area contributed by atoms with Crippen LogP contribution >= 0.6 is 11.6 Å². The van der Waals surface area contributed by atoms with E-state index in [0.717, 1.165) is 5.56 Å². The summed E-state index contributed by atoms with van der Waals surface area (Å²) in [7, 11) is 4.79. The first kappa shape index (κ1) is 15.0. The number of rotatable bonds is 4. The predicted molar refractivity (Wildman–Crippen MR) is 74.1 cm³/mol. The molecule has 0 saturated heterocycles. The molecule has 0 fully saturated rings. The van der Waals surface area contributed by atoms with E-state index < -0.39 is 0 Å². The smallest absolute Gasteiger partial charge is 0.203 e. The number of benzene rings is 1. The van der Waals surface area contributed by atoms with Crippen LogP contribution in [-0.2, 0) is 0 Å². The van der Waals surface area contributed by atoms with Gasteiger partial charge in [0, 0.05) is 5.56 Å². The standard InChI is InChI=1S/C14H21ClO3/c1-14(2,3)13(15)9-7-8-10(16-4)12(18-6)11(9)17-5/h7-8,13H,1-6H3. The quantitative estimate of drug-likeness (QED) is 0.774. The van der Waals surface area contributed by atoms with Crippen LogP contribution in [0, 0.1) is 5.41 Å². The maximum absolute atomic E-state index is 6.51. The van der Waals surface area contributed by atoms with Gasteiger partial charge in [0.15, 0.2) is 11.5 Å². The Morgan fingerprint density at radius 2 is 1.50 bits per heavy atom. The van der Waals surface area contributed by atoms with E-state index in [2.05, 4.69) is 20.8 Å². The first-order chi connectivity index (χ1) is 8.36. The van der Waals surface area contributed by atoms with Crippen molar-refractivity contribution in [1.29, 1.82) is 0 Å². The Kier molecular flexibility index (Phi) is 4.74. The number of ether oxygens (including phenoxy) is 3. The fourth-order valence-electron chi connectivity index (χ4n) is 1.79. The van der Waals surface area contributed by atoms with Gasteiger partial charge in [-0.1, -0.05) is 20.8 Å². The molecule has 0 saturated carbocycles. The molecule has 0 radical (unpaired) electrons. The normalized spacial score (nSPS) is 13.1. The summed E-state index contributed by atoms with van der Waals surface area (Å²) in [6.07, 6.45) is 0. The van der Waals surface area contributed by atoms with Crippen molar-refractivity contribution in [2.45, 2.75) is 26.1 Å². The number of hydrogen-bond donors (Lipinski definition) is 0. The Bertz CT molecular complexity index is 410. The van der Waals surface area contributed by atoms with Crippen LogP contribution in [0.4, 0.5) is 0 Å². The lowest BCUT2D eigenvalue weighted by Crippen LogP contribution is -2.14. The summed E-state index contributed by atoms with van der Waals surface area (Å²) >= 11 is 6.51. The van der Waals surface area contributed by atoms with Crippen molar-refractivity contribution in [2.24, 2.45) is 5.41 Å². The van der Waals surface area contributed by atoms with Crippen molar-refractivity contribution in [2.75, 3.05) is 21.3 Å². The fraction of sp³-hybridized carbons (Fsp3) is 0.571. The zero-order valence-electron chi connectivity index (χ0n) is 11.8. The fourth-order valence-corrected chi connectivity index (χ4v) is 1.96. The Morgan fingerprint density at radius 1 is 0.944 bits per heavy atom. The van der Waals surface area contributed by atoms with Crippen LogP contribution in [0.15, 0.2) is 12.1 Å². The molecule has 0 aliphatic rings. The first-order valence-corrected chi connectivity index (χ1v) is 6.23. The van der Waals surface area contributed by atoms with Gasteiger partial charge in [-0.05, 0) is 17.5 Å². The van der Waals surface area contributed by atoms with Crippen LogP contribution in [0.5, 0.6) is 17.2 Å². The molecule has 1 rings (SSSR count). The first-order valence-electron chi connectivity index (χ1n) is 5.79. The molecule has 0 aromatic heterocycles. The van der Waals surface area contributed by atoms with Crippen molar-refractivity contribution in [3.63, 3.8) is 0 Å². The molecule has 3 nitrogen and oxygen atoms in total. The van der Waals surface area contributed by atoms with Gasteiger partial charge in [0.25, 0.3) is 0 Å². The van der Waals surface area contributed by atoms with E-state index >= 15 is 0 Å². The van der Waals surface area contributed by atoms with Crippen LogP contribution in [0.25, 0.3) is 0 Å². The molecule has 0 aliphatic carbocycles. The van der Waals surface area contributed by atoms with Crippen LogP contribution in [0.1, 0.15) is 31.7 Å². The van der Waals surface area contributed by atoms with Crippen LogP contribution in [-0.4, -0.2) is 21.3 Å². The van der Waals surface area contributed by atoms with Crippen LogP contribution in [0.3, 0.4) is 0 Å². The molecule has 1 unspecified atom stereocenters.